The van der Waals surface area contributed by atoms with Crippen LogP contribution in [-0.4, -0.2) is 26.1 Å². The van der Waals surface area contributed by atoms with E-state index in [-0.39, 0.29) is 5.41 Å². The zero-order chi connectivity index (χ0) is 19.9. The summed E-state index contributed by atoms with van der Waals surface area (Å²) < 4.78 is 17.4. The van der Waals surface area contributed by atoms with Gasteiger partial charge >= 0.3 is 0 Å². The molecule has 0 unspecified atom stereocenters. The summed E-state index contributed by atoms with van der Waals surface area (Å²) in [6, 6.07) is 11.5. The third kappa shape index (κ3) is 5.75. The molecule has 0 N–H and O–H groups in total. The van der Waals surface area contributed by atoms with Crippen LogP contribution in [0.3, 0.4) is 0 Å². The molecule has 4 heteroatoms. The van der Waals surface area contributed by atoms with Crippen LogP contribution < -0.4 is 14.2 Å². The molecule has 0 saturated carbocycles. The standard InChI is InChI=1S/C23H30O4/c1-6-17-8-10-20(19(14-17)23(3,4)5)26-12-13-27-21-11-9-18(16-24)15-22(21)25-7-2/h8-11,14-16H,6-7,12-13H2,1-5H3. The van der Waals surface area contributed by atoms with Crippen molar-refractivity contribution < 1.29 is 19.0 Å². The van der Waals surface area contributed by atoms with Crippen molar-refractivity contribution >= 4 is 6.29 Å². The molecule has 0 fully saturated rings. The molecule has 2 rings (SSSR count). The minimum atomic E-state index is 0.00810. The molecule has 0 aliphatic heterocycles. The van der Waals surface area contributed by atoms with Gasteiger partial charge in [0.15, 0.2) is 11.5 Å². The van der Waals surface area contributed by atoms with Crippen LogP contribution in [0.4, 0.5) is 0 Å². The Bertz CT molecular complexity index is 759. The molecular formula is C23H30O4. The molecule has 0 aromatic heterocycles. The number of ether oxygens (including phenoxy) is 3. The third-order valence-electron chi connectivity index (χ3n) is 4.26. The van der Waals surface area contributed by atoms with Crippen LogP contribution in [-0.2, 0) is 11.8 Å². The molecule has 0 aliphatic carbocycles. The molecule has 2 aromatic carbocycles. The lowest BCUT2D eigenvalue weighted by molar-refractivity contribution is 0.112. The van der Waals surface area contributed by atoms with Crippen molar-refractivity contribution in [1.29, 1.82) is 0 Å². The predicted molar refractivity (Wildman–Crippen MR) is 109 cm³/mol. The van der Waals surface area contributed by atoms with Gasteiger partial charge < -0.3 is 14.2 Å². The van der Waals surface area contributed by atoms with Gasteiger partial charge in [0, 0.05) is 5.56 Å². The van der Waals surface area contributed by atoms with Crippen LogP contribution in [0.5, 0.6) is 17.2 Å². The number of rotatable bonds is 9. The summed E-state index contributed by atoms with van der Waals surface area (Å²) in [4.78, 5) is 10.9. The number of aldehydes is 1. The molecule has 0 amide bonds. The first-order valence-corrected chi connectivity index (χ1v) is 9.50. The van der Waals surface area contributed by atoms with Gasteiger partial charge in [0.1, 0.15) is 25.2 Å². The Hall–Kier alpha value is -2.49. The smallest absolute Gasteiger partial charge is 0.161 e. The number of carbonyl (C=O) groups is 1. The van der Waals surface area contributed by atoms with E-state index in [1.807, 2.05) is 13.0 Å². The predicted octanol–water partition coefficient (Wildman–Crippen LogP) is 5.22. The second-order valence-electron chi connectivity index (χ2n) is 7.39. The van der Waals surface area contributed by atoms with Crippen molar-refractivity contribution in [1.82, 2.24) is 0 Å². The number of carbonyl (C=O) groups excluding carboxylic acids is 1. The SMILES string of the molecule is CCOc1cc(C=O)ccc1OCCOc1ccc(CC)cc1C(C)(C)C. The lowest BCUT2D eigenvalue weighted by Crippen LogP contribution is -2.16. The molecule has 4 nitrogen and oxygen atoms in total. The molecular weight excluding hydrogens is 340 g/mol. The highest BCUT2D eigenvalue weighted by Gasteiger charge is 2.19. The molecule has 0 bridgehead atoms. The van der Waals surface area contributed by atoms with Crippen molar-refractivity contribution in [2.45, 2.75) is 46.5 Å². The number of aryl methyl sites for hydroxylation is 1. The molecule has 0 aliphatic rings. The lowest BCUT2D eigenvalue weighted by Gasteiger charge is -2.24. The number of benzene rings is 2. The van der Waals surface area contributed by atoms with Gasteiger partial charge in [-0.15, -0.1) is 0 Å². The Balaban J connectivity index is 2.02. The van der Waals surface area contributed by atoms with E-state index in [0.717, 1.165) is 18.5 Å². The second kappa shape index (κ2) is 9.45. The first-order chi connectivity index (χ1) is 12.9. The van der Waals surface area contributed by atoms with Crippen LogP contribution in [0.2, 0.25) is 0 Å². The van der Waals surface area contributed by atoms with Gasteiger partial charge in [0.2, 0.25) is 0 Å². The van der Waals surface area contributed by atoms with Crippen LogP contribution in [0, 0.1) is 0 Å². The maximum absolute atomic E-state index is 10.9. The minimum Gasteiger partial charge on any atom is -0.490 e. The molecule has 2 aromatic rings. The normalized spacial score (nSPS) is 11.1. The highest BCUT2D eigenvalue weighted by Crippen LogP contribution is 2.32. The summed E-state index contributed by atoms with van der Waals surface area (Å²) in [5.74, 6) is 2.08. The van der Waals surface area contributed by atoms with Gasteiger partial charge in [-0.05, 0) is 54.2 Å². The molecule has 0 atom stereocenters. The Morgan fingerprint density at radius 3 is 2.11 bits per heavy atom. The lowest BCUT2D eigenvalue weighted by atomic mass is 9.85. The summed E-state index contributed by atoms with van der Waals surface area (Å²) >= 11 is 0. The van der Waals surface area contributed by atoms with Crippen molar-refractivity contribution in [2.75, 3.05) is 19.8 Å². The van der Waals surface area contributed by atoms with E-state index < -0.39 is 0 Å². The quantitative estimate of drug-likeness (QED) is 0.449. The van der Waals surface area contributed by atoms with Crippen LogP contribution in [0.1, 0.15) is 56.1 Å². The van der Waals surface area contributed by atoms with E-state index in [2.05, 4.69) is 39.8 Å². The summed E-state index contributed by atoms with van der Waals surface area (Å²) in [7, 11) is 0. The van der Waals surface area contributed by atoms with Gasteiger partial charge in [-0.3, -0.25) is 4.79 Å². The molecule has 0 spiro atoms. The summed E-state index contributed by atoms with van der Waals surface area (Å²) in [5, 5.41) is 0. The van der Waals surface area contributed by atoms with E-state index in [0.29, 0.717) is 36.9 Å². The van der Waals surface area contributed by atoms with Crippen LogP contribution in [0.25, 0.3) is 0 Å². The summed E-state index contributed by atoms with van der Waals surface area (Å²) in [5.41, 5.74) is 3.08. The molecule has 0 saturated heterocycles. The largest absolute Gasteiger partial charge is 0.490 e. The first kappa shape index (κ1) is 20.8. The molecule has 0 radical (unpaired) electrons. The van der Waals surface area contributed by atoms with Crippen molar-refractivity contribution in [3.05, 3.63) is 53.1 Å². The first-order valence-electron chi connectivity index (χ1n) is 9.50. The fourth-order valence-electron chi connectivity index (χ4n) is 2.80. The number of hydrogen-bond donors (Lipinski definition) is 0. The number of hydrogen-bond acceptors (Lipinski definition) is 4. The summed E-state index contributed by atoms with van der Waals surface area (Å²) in [6.45, 7) is 11.9. The average Bonchev–Trinajstić information content (AvgIpc) is 2.65. The van der Waals surface area contributed by atoms with Crippen molar-refractivity contribution in [3.63, 3.8) is 0 Å². The average molecular weight is 370 g/mol. The maximum Gasteiger partial charge on any atom is 0.161 e. The highest BCUT2D eigenvalue weighted by atomic mass is 16.5. The zero-order valence-electron chi connectivity index (χ0n) is 17.0. The van der Waals surface area contributed by atoms with Gasteiger partial charge in [-0.25, -0.2) is 0 Å². The zero-order valence-corrected chi connectivity index (χ0v) is 17.0. The molecule has 146 valence electrons. The maximum atomic E-state index is 10.9. The Morgan fingerprint density at radius 2 is 1.52 bits per heavy atom. The fourth-order valence-corrected chi connectivity index (χ4v) is 2.80. The van der Waals surface area contributed by atoms with Gasteiger partial charge in [0.25, 0.3) is 0 Å². The third-order valence-corrected chi connectivity index (χ3v) is 4.26. The van der Waals surface area contributed by atoms with E-state index in [4.69, 9.17) is 14.2 Å². The minimum absolute atomic E-state index is 0.00810. The Labute approximate surface area is 162 Å². The van der Waals surface area contributed by atoms with Gasteiger partial charge in [-0.2, -0.15) is 0 Å². The molecule has 0 heterocycles. The highest BCUT2D eigenvalue weighted by molar-refractivity contribution is 5.76. The van der Waals surface area contributed by atoms with Crippen molar-refractivity contribution in [2.24, 2.45) is 0 Å². The van der Waals surface area contributed by atoms with E-state index in [1.54, 1.807) is 18.2 Å². The van der Waals surface area contributed by atoms with E-state index in [1.165, 1.54) is 11.1 Å². The second-order valence-corrected chi connectivity index (χ2v) is 7.39. The Morgan fingerprint density at radius 1 is 0.852 bits per heavy atom. The van der Waals surface area contributed by atoms with Crippen LogP contribution in [0.15, 0.2) is 36.4 Å². The van der Waals surface area contributed by atoms with Crippen LogP contribution >= 0.6 is 0 Å². The van der Waals surface area contributed by atoms with Gasteiger partial charge in [-0.1, -0.05) is 39.8 Å². The van der Waals surface area contributed by atoms with E-state index in [9.17, 15) is 4.79 Å². The summed E-state index contributed by atoms with van der Waals surface area (Å²) in [6.07, 6.45) is 1.80. The molecule has 27 heavy (non-hydrogen) atoms. The monoisotopic (exact) mass is 370 g/mol. The topological polar surface area (TPSA) is 44.8 Å². The van der Waals surface area contributed by atoms with Gasteiger partial charge in [0.05, 0.1) is 6.61 Å². The Kier molecular flexibility index (Phi) is 7.28. The van der Waals surface area contributed by atoms with Crippen molar-refractivity contribution in [3.8, 4) is 17.2 Å². The van der Waals surface area contributed by atoms with E-state index >= 15 is 0 Å². The fraction of sp³-hybridized carbons (Fsp3) is 0.435.